The fourth-order valence-corrected chi connectivity index (χ4v) is 10.0. The highest BCUT2D eigenvalue weighted by atomic mass is 35.5. The first-order valence-corrected chi connectivity index (χ1v) is 26.2. The monoisotopic (exact) mass is 1100 g/mol. The van der Waals surface area contributed by atoms with Crippen LogP contribution in [0.15, 0.2) is 54.1 Å². The van der Waals surface area contributed by atoms with Gasteiger partial charge in [0.05, 0.1) is 42.5 Å². The smallest absolute Gasteiger partial charge is 0.412 e. The van der Waals surface area contributed by atoms with E-state index in [4.69, 9.17) is 58.4 Å². The number of amides is 7. The van der Waals surface area contributed by atoms with Gasteiger partial charge in [-0.25, -0.2) is 9.59 Å². The minimum atomic E-state index is -1.65. The Kier molecular flexibility index (Phi) is 21.9. The first-order chi connectivity index (χ1) is 35.9. The summed E-state index contributed by atoms with van der Waals surface area (Å²) in [6.45, 7) is 9.51. The summed E-state index contributed by atoms with van der Waals surface area (Å²) in [5.74, 6) is -3.28. The quantitative estimate of drug-likeness (QED) is 0.0468. The normalized spacial score (nSPS) is 25.6. The Labute approximate surface area is 453 Å². The van der Waals surface area contributed by atoms with Crippen LogP contribution in [0.3, 0.4) is 0 Å². The van der Waals surface area contributed by atoms with E-state index in [0.29, 0.717) is 30.8 Å². The number of nitrogens with zero attached hydrogens (tertiary/aromatic N) is 1. The third-order valence-corrected chi connectivity index (χ3v) is 14.6. The van der Waals surface area contributed by atoms with Gasteiger partial charge in [-0.2, -0.15) is 0 Å². The number of fused-ring (bicyclic) bond motifs is 5. The van der Waals surface area contributed by atoms with E-state index < -0.39 is 95.9 Å². The Balaban J connectivity index is 1.37. The second-order valence-corrected chi connectivity index (χ2v) is 21.0. The molecule has 2 saturated heterocycles. The number of carbonyl (C=O) groups is 7. The van der Waals surface area contributed by atoms with Crippen molar-refractivity contribution in [3.05, 3.63) is 69.7 Å². The average Bonchev–Trinajstić information content (AvgIpc) is 4.05. The fraction of sp³-hybridized carbons (Fsp3) is 0.566. The number of methoxy groups -OCH3 is 2. The van der Waals surface area contributed by atoms with Crippen LogP contribution in [0.5, 0.6) is 5.75 Å². The van der Waals surface area contributed by atoms with E-state index in [9.17, 15) is 38.7 Å². The topological polar surface area (TPSA) is 305 Å². The number of hydrogen-bond donors (Lipinski definition) is 8. The van der Waals surface area contributed by atoms with Crippen LogP contribution in [-0.4, -0.2) is 129 Å². The summed E-state index contributed by atoms with van der Waals surface area (Å²) in [5, 5.41) is 25.4. The molecule has 0 aromatic heterocycles. The third-order valence-electron chi connectivity index (χ3n) is 13.9. The summed E-state index contributed by atoms with van der Waals surface area (Å²) < 4.78 is 29.5. The first kappa shape index (κ1) is 60.9. The van der Waals surface area contributed by atoms with E-state index in [1.165, 1.54) is 44.4 Å². The van der Waals surface area contributed by atoms with Crippen molar-refractivity contribution < 1.29 is 62.4 Å². The molecule has 23 heteroatoms. The van der Waals surface area contributed by atoms with Crippen molar-refractivity contribution in [1.29, 1.82) is 0 Å². The van der Waals surface area contributed by atoms with Crippen molar-refractivity contribution >= 4 is 82.0 Å². The van der Waals surface area contributed by atoms with Crippen molar-refractivity contribution in [3.8, 4) is 5.75 Å². The number of halogens is 2. The van der Waals surface area contributed by atoms with Crippen LogP contribution in [0.4, 0.5) is 26.7 Å². The minimum absolute atomic E-state index is 0.00728. The Morgan fingerprint density at radius 1 is 1.00 bits per heavy atom. The van der Waals surface area contributed by atoms with Gasteiger partial charge in [0.15, 0.2) is 0 Å². The number of primary amides is 1. The highest BCUT2D eigenvalue weighted by molar-refractivity contribution is 6.35. The van der Waals surface area contributed by atoms with Crippen molar-refractivity contribution in [2.75, 3.05) is 49.9 Å². The van der Waals surface area contributed by atoms with Gasteiger partial charge in [-0.05, 0) is 94.3 Å². The molecule has 9 atom stereocenters. The van der Waals surface area contributed by atoms with E-state index in [2.05, 4.69) is 26.6 Å². The van der Waals surface area contributed by atoms with Crippen LogP contribution in [0.25, 0.3) is 0 Å². The van der Waals surface area contributed by atoms with Crippen molar-refractivity contribution in [2.45, 2.75) is 147 Å². The Bertz CT molecular complexity index is 2510. The maximum Gasteiger partial charge on any atom is 0.412 e. The fourth-order valence-electron chi connectivity index (χ4n) is 9.49. The Morgan fingerprint density at radius 3 is 2.39 bits per heavy atom. The molecule has 4 bridgehead atoms. The lowest BCUT2D eigenvalue weighted by Gasteiger charge is -2.41. The van der Waals surface area contributed by atoms with Crippen LogP contribution >= 0.6 is 23.2 Å². The molecule has 3 aliphatic rings. The van der Waals surface area contributed by atoms with Crippen LogP contribution in [-0.2, 0) is 49.3 Å². The van der Waals surface area contributed by atoms with Crippen LogP contribution < -0.4 is 47.7 Å². The number of aliphatic hydroxyl groups is 1. The number of anilines is 3. The minimum Gasteiger partial charge on any atom is -0.495 e. The molecular weight excluding hydrogens is 1030 g/mol. The SMILES string of the molecule is COc1cc2cc(c1Cl)N(C)C(=O)C[C@H](OC(=O)Nc1ccc(NC(=O)[C@H](CCCNC(N)=O)NC(=O)[C@@H](NC(=O)CCCCCN)C(C)C)cc1Cl)[C@]1(C)O[C@H]1[C@H](C)[C@@H]1C[C@@](O)(CC(=O)O1)[C@H](OC)/C=C/C=C(\C)C2. The summed E-state index contributed by atoms with van der Waals surface area (Å²) in [4.78, 5) is 94.4. The van der Waals surface area contributed by atoms with Gasteiger partial charge in [-0.3, -0.25) is 29.3 Å². The molecule has 21 nitrogen and oxygen atoms in total. The van der Waals surface area contributed by atoms with Gasteiger partial charge >= 0.3 is 18.1 Å². The molecule has 2 fully saturated rings. The molecule has 3 aliphatic heterocycles. The van der Waals surface area contributed by atoms with E-state index in [1.807, 2.05) is 13.0 Å². The van der Waals surface area contributed by atoms with Crippen molar-refractivity contribution in [1.82, 2.24) is 16.0 Å². The van der Waals surface area contributed by atoms with Gasteiger partial charge in [0.2, 0.25) is 23.6 Å². The summed E-state index contributed by atoms with van der Waals surface area (Å²) >= 11 is 13.5. The Morgan fingerprint density at radius 2 is 1.74 bits per heavy atom. The molecule has 2 aromatic rings. The third kappa shape index (κ3) is 16.3. The summed E-state index contributed by atoms with van der Waals surface area (Å²) in [5.41, 5.74) is 10.1. The molecule has 5 rings (SSSR count). The predicted octanol–water partition coefficient (Wildman–Crippen LogP) is 5.81. The second-order valence-electron chi connectivity index (χ2n) is 20.2. The molecule has 76 heavy (non-hydrogen) atoms. The predicted molar refractivity (Wildman–Crippen MR) is 287 cm³/mol. The molecule has 0 radical (unpaired) electrons. The molecule has 0 saturated carbocycles. The Hall–Kier alpha value is -5.97. The number of hydrogen-bond acceptors (Lipinski definition) is 14. The van der Waals surface area contributed by atoms with Crippen LogP contribution in [0.2, 0.25) is 10.0 Å². The molecule has 0 spiro atoms. The standard InChI is InChI=1S/C53H74Cl2N8O13/c1-29(2)46(62-42(64)17-10-9-11-20-56)49(68)60-36(15-13-21-58-50(57)69)48(67)59-33-18-19-35(34(54)25-33)61-51(70)75-41-26-43(65)63(6)37-23-32(24-38(72-7)45(37)55)22-30(3)14-12-16-40(73-8)53(71)27-39(74-44(66)28-53)31(4)47-52(41,5)76-47/h12,14,16,18-19,23-25,29,31,36,39-41,46-47,71H,9-11,13,15,17,20-22,26-28,56H2,1-8H3,(H,59,67)(H,60,68)(H,61,70)(H,62,64)(H3,57,58,69)/b16-12+,30-14+/t31-,36+,39+,40-,41+,46+,47+,52+,53-/m1/s1. The van der Waals surface area contributed by atoms with Crippen LogP contribution in [0.1, 0.15) is 98.0 Å². The number of benzene rings is 2. The highest BCUT2D eigenvalue weighted by Gasteiger charge is 2.64. The number of nitrogens with one attached hydrogen (secondary N) is 5. The van der Waals surface area contributed by atoms with Gasteiger partial charge in [0, 0.05) is 45.1 Å². The zero-order valence-corrected chi connectivity index (χ0v) is 45.9. The highest BCUT2D eigenvalue weighted by Crippen LogP contribution is 2.50. The molecule has 2 aromatic carbocycles. The van der Waals surface area contributed by atoms with Gasteiger partial charge in [-0.15, -0.1) is 0 Å². The van der Waals surface area contributed by atoms with E-state index in [0.717, 1.165) is 24.0 Å². The largest absolute Gasteiger partial charge is 0.495 e. The number of nitrogens with two attached hydrogens (primary N) is 2. The van der Waals surface area contributed by atoms with Gasteiger partial charge in [-0.1, -0.05) is 74.2 Å². The van der Waals surface area contributed by atoms with Gasteiger partial charge in [0.25, 0.3) is 0 Å². The summed E-state index contributed by atoms with van der Waals surface area (Å²) in [6.07, 6.45) is 2.84. The van der Waals surface area contributed by atoms with Crippen molar-refractivity contribution in [2.24, 2.45) is 23.3 Å². The number of ether oxygens (including phenoxy) is 5. The first-order valence-electron chi connectivity index (χ1n) is 25.4. The molecule has 0 aliphatic carbocycles. The lowest BCUT2D eigenvalue weighted by molar-refractivity contribution is -0.187. The zero-order valence-electron chi connectivity index (χ0n) is 44.4. The van der Waals surface area contributed by atoms with Crippen molar-refractivity contribution in [3.63, 3.8) is 0 Å². The van der Waals surface area contributed by atoms with Crippen LogP contribution in [0, 0.1) is 11.8 Å². The molecule has 10 N–H and O–H groups in total. The maximum atomic E-state index is 14.4. The van der Waals surface area contributed by atoms with E-state index in [1.54, 1.807) is 52.0 Å². The number of epoxide rings is 1. The lowest BCUT2D eigenvalue weighted by atomic mass is 9.78. The maximum absolute atomic E-state index is 14.4. The molecule has 0 unspecified atom stereocenters. The number of carbonyl (C=O) groups excluding carboxylic acids is 7. The van der Waals surface area contributed by atoms with Gasteiger partial charge in [0.1, 0.15) is 52.4 Å². The molecule has 7 amide bonds. The van der Waals surface area contributed by atoms with E-state index in [-0.39, 0.29) is 71.9 Å². The average molecular weight is 1100 g/mol. The second kappa shape index (κ2) is 27.4. The number of allylic oxidation sites excluding steroid dienone is 3. The number of urea groups is 1. The number of rotatable bonds is 19. The molecule has 418 valence electrons. The van der Waals surface area contributed by atoms with Gasteiger partial charge < -0.3 is 66.4 Å². The van der Waals surface area contributed by atoms with E-state index >= 15 is 0 Å². The summed E-state index contributed by atoms with van der Waals surface area (Å²) in [6, 6.07) is 4.91. The molecule has 3 heterocycles. The summed E-state index contributed by atoms with van der Waals surface area (Å²) in [7, 11) is 4.44. The number of esters is 1. The molecular formula is C53H74Cl2N8O13. The zero-order chi connectivity index (χ0) is 56.1. The number of unbranched alkanes of at least 4 members (excludes halogenated alkanes) is 2. The lowest BCUT2D eigenvalue weighted by Crippen LogP contribution is -2.54.